The van der Waals surface area contributed by atoms with Gasteiger partial charge in [0.25, 0.3) is 0 Å². The quantitative estimate of drug-likeness (QED) is 0.796. The van der Waals surface area contributed by atoms with Crippen molar-refractivity contribution in [1.29, 1.82) is 0 Å². The van der Waals surface area contributed by atoms with Crippen molar-refractivity contribution in [3.05, 3.63) is 40.9 Å². The van der Waals surface area contributed by atoms with E-state index in [2.05, 4.69) is 4.98 Å². The van der Waals surface area contributed by atoms with Crippen molar-refractivity contribution in [2.45, 2.75) is 19.0 Å². The van der Waals surface area contributed by atoms with Crippen molar-refractivity contribution >= 4 is 17.6 Å². The van der Waals surface area contributed by atoms with E-state index in [1.165, 1.54) is 23.5 Å². The van der Waals surface area contributed by atoms with Crippen LogP contribution in [-0.4, -0.2) is 11.3 Å². The summed E-state index contributed by atoms with van der Waals surface area (Å²) in [5.74, 6) is 0. The first-order valence-corrected chi connectivity index (χ1v) is 6.44. The molecule has 1 aromatic carbocycles. The number of thiazole rings is 1. The van der Waals surface area contributed by atoms with Crippen molar-refractivity contribution in [2.24, 2.45) is 0 Å². The van der Waals surface area contributed by atoms with Gasteiger partial charge in [0.05, 0.1) is 11.3 Å². The molecule has 2 aromatic rings. The fraction of sp³-hybridized carbons (Fsp3) is 0.231. The van der Waals surface area contributed by atoms with Gasteiger partial charge < -0.3 is 4.79 Å². The van der Waals surface area contributed by atoms with Crippen LogP contribution >= 0.6 is 11.3 Å². The third kappa shape index (κ3) is 3.41. The normalized spacial score (nSPS) is 11.5. The summed E-state index contributed by atoms with van der Waals surface area (Å²) in [6.45, 7) is 0. The SMILES string of the molecule is O=CCCc1csc(-c2ccc(C(F)(F)F)cc2)n1. The highest BCUT2D eigenvalue weighted by atomic mass is 32.1. The number of rotatable bonds is 4. The monoisotopic (exact) mass is 285 g/mol. The van der Waals surface area contributed by atoms with Crippen LogP contribution in [0.5, 0.6) is 0 Å². The van der Waals surface area contributed by atoms with Gasteiger partial charge in [-0.2, -0.15) is 13.2 Å². The number of carbonyl (C=O) groups excluding carboxylic acids is 1. The highest BCUT2D eigenvalue weighted by Crippen LogP contribution is 2.31. The van der Waals surface area contributed by atoms with Crippen molar-refractivity contribution < 1.29 is 18.0 Å². The van der Waals surface area contributed by atoms with Crippen LogP contribution < -0.4 is 0 Å². The zero-order valence-corrected chi connectivity index (χ0v) is 10.6. The molecule has 1 aromatic heterocycles. The molecule has 2 rings (SSSR count). The molecule has 0 aliphatic carbocycles. The lowest BCUT2D eigenvalue weighted by Crippen LogP contribution is -2.03. The Morgan fingerprint density at radius 2 is 1.89 bits per heavy atom. The van der Waals surface area contributed by atoms with Gasteiger partial charge in [0.1, 0.15) is 11.3 Å². The summed E-state index contributed by atoms with van der Waals surface area (Å²) in [5.41, 5.74) is 0.760. The van der Waals surface area contributed by atoms with Crippen LogP contribution in [0.2, 0.25) is 0 Å². The van der Waals surface area contributed by atoms with Gasteiger partial charge >= 0.3 is 6.18 Å². The summed E-state index contributed by atoms with van der Waals surface area (Å²) in [4.78, 5) is 14.5. The summed E-state index contributed by atoms with van der Waals surface area (Å²) < 4.78 is 37.3. The molecular formula is C13H10F3NOS. The maximum atomic E-state index is 12.4. The molecule has 0 saturated carbocycles. The van der Waals surface area contributed by atoms with Crippen LogP contribution in [0.25, 0.3) is 10.6 Å². The highest BCUT2D eigenvalue weighted by molar-refractivity contribution is 7.13. The van der Waals surface area contributed by atoms with Gasteiger partial charge in [-0.3, -0.25) is 0 Å². The van der Waals surface area contributed by atoms with Crippen molar-refractivity contribution in [3.8, 4) is 10.6 Å². The first-order chi connectivity index (χ1) is 9.00. The van der Waals surface area contributed by atoms with E-state index in [-0.39, 0.29) is 0 Å². The van der Waals surface area contributed by atoms with E-state index in [9.17, 15) is 18.0 Å². The van der Waals surface area contributed by atoms with E-state index in [0.29, 0.717) is 23.4 Å². The Kier molecular flexibility index (Phi) is 3.99. The molecule has 6 heteroatoms. The molecule has 0 bridgehead atoms. The average Bonchev–Trinajstić information content (AvgIpc) is 2.84. The lowest BCUT2D eigenvalue weighted by molar-refractivity contribution is -0.137. The fourth-order valence-electron chi connectivity index (χ4n) is 1.56. The number of nitrogens with zero attached hydrogens (tertiary/aromatic N) is 1. The van der Waals surface area contributed by atoms with Gasteiger partial charge in [0, 0.05) is 17.4 Å². The van der Waals surface area contributed by atoms with E-state index >= 15 is 0 Å². The second-order valence-corrected chi connectivity index (χ2v) is 4.78. The topological polar surface area (TPSA) is 30.0 Å². The van der Waals surface area contributed by atoms with Crippen LogP contribution in [0.15, 0.2) is 29.6 Å². The fourth-order valence-corrected chi connectivity index (χ4v) is 2.42. The Balaban J connectivity index is 2.18. The van der Waals surface area contributed by atoms with Crippen LogP contribution in [0, 0.1) is 0 Å². The lowest BCUT2D eigenvalue weighted by atomic mass is 10.1. The molecule has 0 unspecified atom stereocenters. The molecule has 19 heavy (non-hydrogen) atoms. The number of hydrogen-bond acceptors (Lipinski definition) is 3. The molecule has 0 atom stereocenters. The van der Waals surface area contributed by atoms with E-state index in [4.69, 9.17) is 0 Å². The average molecular weight is 285 g/mol. The number of aryl methyl sites for hydroxylation is 1. The van der Waals surface area contributed by atoms with Gasteiger partial charge in [-0.05, 0) is 18.6 Å². The maximum Gasteiger partial charge on any atom is 0.416 e. The molecule has 0 fully saturated rings. The summed E-state index contributed by atoms with van der Waals surface area (Å²) in [5, 5.41) is 2.48. The molecule has 0 saturated heterocycles. The molecule has 0 spiro atoms. The van der Waals surface area contributed by atoms with Crippen LogP contribution in [0.3, 0.4) is 0 Å². The first kappa shape index (κ1) is 13.7. The smallest absolute Gasteiger partial charge is 0.303 e. The lowest BCUT2D eigenvalue weighted by Gasteiger charge is -2.06. The van der Waals surface area contributed by atoms with Crippen molar-refractivity contribution in [1.82, 2.24) is 4.98 Å². The Hall–Kier alpha value is -1.69. The van der Waals surface area contributed by atoms with E-state index < -0.39 is 11.7 Å². The second kappa shape index (κ2) is 5.52. The minimum Gasteiger partial charge on any atom is -0.303 e. The molecule has 0 N–H and O–H groups in total. The minimum atomic E-state index is -4.32. The zero-order chi connectivity index (χ0) is 13.9. The molecule has 0 aliphatic rings. The number of aldehydes is 1. The predicted molar refractivity (Wildman–Crippen MR) is 66.9 cm³/mol. The van der Waals surface area contributed by atoms with Gasteiger partial charge in [-0.15, -0.1) is 11.3 Å². The number of benzene rings is 1. The second-order valence-electron chi connectivity index (χ2n) is 3.92. The highest BCUT2D eigenvalue weighted by Gasteiger charge is 2.30. The summed E-state index contributed by atoms with van der Waals surface area (Å²) in [7, 11) is 0. The Morgan fingerprint density at radius 3 is 2.47 bits per heavy atom. The minimum absolute atomic E-state index is 0.399. The van der Waals surface area contributed by atoms with Crippen LogP contribution in [-0.2, 0) is 17.4 Å². The maximum absolute atomic E-state index is 12.4. The third-order valence-electron chi connectivity index (χ3n) is 2.53. The zero-order valence-electron chi connectivity index (χ0n) is 9.78. The number of hydrogen-bond donors (Lipinski definition) is 0. The summed E-state index contributed by atoms with van der Waals surface area (Å²) >= 11 is 1.36. The summed E-state index contributed by atoms with van der Waals surface area (Å²) in [6.07, 6.45) is -2.55. The van der Waals surface area contributed by atoms with Crippen molar-refractivity contribution in [2.75, 3.05) is 0 Å². The molecule has 100 valence electrons. The molecule has 0 amide bonds. The van der Waals surface area contributed by atoms with E-state index in [1.54, 1.807) is 0 Å². The summed E-state index contributed by atoms with van der Waals surface area (Å²) in [6, 6.07) is 4.90. The number of halogens is 3. The van der Waals surface area contributed by atoms with Crippen molar-refractivity contribution in [3.63, 3.8) is 0 Å². The van der Waals surface area contributed by atoms with Gasteiger partial charge in [0.2, 0.25) is 0 Å². The number of aromatic nitrogens is 1. The molecule has 1 heterocycles. The van der Waals surface area contributed by atoms with Gasteiger partial charge in [0.15, 0.2) is 0 Å². The first-order valence-electron chi connectivity index (χ1n) is 5.56. The molecule has 0 aliphatic heterocycles. The largest absolute Gasteiger partial charge is 0.416 e. The van der Waals surface area contributed by atoms with Crippen LogP contribution in [0.1, 0.15) is 17.7 Å². The van der Waals surface area contributed by atoms with Gasteiger partial charge in [-0.25, -0.2) is 4.98 Å². The van der Waals surface area contributed by atoms with E-state index in [0.717, 1.165) is 24.1 Å². The molecule has 0 radical (unpaired) electrons. The third-order valence-corrected chi connectivity index (χ3v) is 3.47. The number of carbonyl (C=O) groups is 1. The Morgan fingerprint density at radius 1 is 1.21 bits per heavy atom. The number of alkyl halides is 3. The Labute approximate surface area is 111 Å². The molecular weight excluding hydrogens is 275 g/mol. The Bertz CT molecular complexity index is 560. The van der Waals surface area contributed by atoms with Gasteiger partial charge in [-0.1, -0.05) is 12.1 Å². The van der Waals surface area contributed by atoms with Crippen LogP contribution in [0.4, 0.5) is 13.2 Å². The standard InChI is InChI=1S/C13H10F3NOS/c14-13(15,16)10-5-3-9(4-6-10)12-17-11(8-19-12)2-1-7-18/h3-8H,1-2H2. The van der Waals surface area contributed by atoms with E-state index in [1.807, 2.05) is 5.38 Å². The predicted octanol–water partition coefficient (Wildman–Crippen LogP) is 3.96. The molecule has 2 nitrogen and oxygen atoms in total.